The van der Waals surface area contributed by atoms with Crippen LogP contribution in [0, 0.1) is 18.3 Å². The van der Waals surface area contributed by atoms with Gasteiger partial charge < -0.3 is 5.32 Å². The molecule has 0 radical (unpaired) electrons. The van der Waals surface area contributed by atoms with Gasteiger partial charge in [0.15, 0.2) is 5.13 Å². The minimum atomic E-state index is -0.366. The quantitative estimate of drug-likeness (QED) is 0.583. The average molecular weight is 409 g/mol. The van der Waals surface area contributed by atoms with Crippen LogP contribution in [0.5, 0.6) is 0 Å². The second-order valence-electron chi connectivity index (χ2n) is 5.66. The summed E-state index contributed by atoms with van der Waals surface area (Å²) in [6.45, 7) is 1.83. The number of carbonyl (C=O) groups excluding carboxylic acids is 2. The number of rotatable bonds is 6. The van der Waals surface area contributed by atoms with E-state index < -0.39 is 0 Å². The maximum Gasteiger partial charge on any atom is 0.259 e. The fourth-order valence-electron chi connectivity index (χ4n) is 2.41. The molecule has 0 saturated carbocycles. The molecule has 0 aliphatic rings. The second kappa shape index (κ2) is 9.17. The first kappa shape index (κ1) is 19.6. The van der Waals surface area contributed by atoms with Crippen LogP contribution in [0.15, 0.2) is 58.8 Å². The Morgan fingerprint density at radius 1 is 1.07 bits per heavy atom. The Morgan fingerprint density at radius 2 is 1.79 bits per heavy atom. The number of aromatic nitrogens is 1. The summed E-state index contributed by atoms with van der Waals surface area (Å²) in [5.74, 6) is -0.333. The molecule has 0 saturated heterocycles. The van der Waals surface area contributed by atoms with E-state index >= 15 is 0 Å². The van der Waals surface area contributed by atoms with Gasteiger partial charge in [-0.25, -0.2) is 4.98 Å². The summed E-state index contributed by atoms with van der Waals surface area (Å²) in [6.07, 6.45) is 0. The number of para-hydroxylation sites is 1. The number of hydrogen-bond acceptors (Lipinski definition) is 6. The van der Waals surface area contributed by atoms with Crippen LogP contribution in [0.4, 0.5) is 10.8 Å². The highest BCUT2D eigenvalue weighted by molar-refractivity contribution is 8.01. The molecule has 0 aliphatic carbocycles. The van der Waals surface area contributed by atoms with Gasteiger partial charge >= 0.3 is 0 Å². The maximum atomic E-state index is 12.7. The van der Waals surface area contributed by atoms with Crippen molar-refractivity contribution in [1.82, 2.24) is 4.98 Å². The van der Waals surface area contributed by atoms with E-state index in [1.54, 1.807) is 48.5 Å². The summed E-state index contributed by atoms with van der Waals surface area (Å²) >= 11 is 2.71. The van der Waals surface area contributed by atoms with Crippen molar-refractivity contribution in [3.05, 3.63) is 71.4 Å². The number of hydrogen-bond donors (Lipinski definition) is 2. The highest BCUT2D eigenvalue weighted by Gasteiger charge is 2.16. The van der Waals surface area contributed by atoms with Gasteiger partial charge in [-0.3, -0.25) is 14.9 Å². The van der Waals surface area contributed by atoms with Crippen molar-refractivity contribution in [2.45, 2.75) is 11.1 Å². The van der Waals surface area contributed by atoms with Gasteiger partial charge in [-0.15, -0.1) is 0 Å². The van der Waals surface area contributed by atoms with Crippen molar-refractivity contribution in [3.63, 3.8) is 0 Å². The number of nitriles is 1. The molecule has 8 heteroatoms. The molecular formula is C20H16N4O2S2. The van der Waals surface area contributed by atoms with Crippen LogP contribution in [0.2, 0.25) is 0 Å². The number of nitrogens with zero attached hydrogens (tertiary/aromatic N) is 2. The molecule has 28 heavy (non-hydrogen) atoms. The summed E-state index contributed by atoms with van der Waals surface area (Å²) in [5.41, 5.74) is 2.03. The van der Waals surface area contributed by atoms with E-state index in [0.29, 0.717) is 27.7 Å². The van der Waals surface area contributed by atoms with Crippen molar-refractivity contribution in [2.75, 3.05) is 16.4 Å². The van der Waals surface area contributed by atoms with E-state index in [0.717, 1.165) is 9.90 Å². The Balaban J connectivity index is 1.76. The Labute approximate surface area is 170 Å². The smallest absolute Gasteiger partial charge is 0.259 e. The zero-order valence-corrected chi connectivity index (χ0v) is 16.6. The summed E-state index contributed by atoms with van der Waals surface area (Å²) in [6, 6.07) is 17.7. The van der Waals surface area contributed by atoms with Crippen LogP contribution in [0.1, 0.15) is 26.4 Å². The molecule has 6 nitrogen and oxygen atoms in total. The second-order valence-corrected chi connectivity index (χ2v) is 7.90. The molecule has 0 fully saturated rings. The first-order chi connectivity index (χ1) is 13.6. The molecular weight excluding hydrogens is 392 g/mol. The van der Waals surface area contributed by atoms with Gasteiger partial charge in [0.1, 0.15) is 0 Å². The first-order valence-electron chi connectivity index (χ1n) is 8.32. The topological polar surface area (TPSA) is 94.9 Å². The average Bonchev–Trinajstić information content (AvgIpc) is 3.06. The highest BCUT2D eigenvalue weighted by atomic mass is 32.2. The summed E-state index contributed by atoms with van der Waals surface area (Å²) in [7, 11) is 0. The zero-order chi connectivity index (χ0) is 19.9. The Morgan fingerprint density at radius 3 is 2.54 bits per heavy atom. The fourth-order valence-corrected chi connectivity index (χ4v) is 4.20. The number of anilines is 2. The SMILES string of the molecule is Cc1nc(NC(=O)c2ccccc2NC(=O)c2ccccc2)sc1SCC#N. The zero-order valence-electron chi connectivity index (χ0n) is 14.9. The van der Waals surface area contributed by atoms with Crippen molar-refractivity contribution >= 4 is 45.7 Å². The largest absolute Gasteiger partial charge is 0.321 e. The van der Waals surface area contributed by atoms with Crippen LogP contribution in [0.25, 0.3) is 0 Å². The van der Waals surface area contributed by atoms with E-state index in [1.165, 1.54) is 23.1 Å². The lowest BCUT2D eigenvalue weighted by Gasteiger charge is -2.10. The normalized spacial score (nSPS) is 10.1. The lowest BCUT2D eigenvalue weighted by atomic mass is 10.1. The minimum Gasteiger partial charge on any atom is -0.321 e. The number of carbonyl (C=O) groups is 2. The molecule has 3 rings (SSSR count). The number of benzene rings is 2. The molecule has 0 spiro atoms. The predicted octanol–water partition coefficient (Wildman–Crippen LogP) is 4.57. The number of nitrogens with one attached hydrogen (secondary N) is 2. The molecule has 0 bridgehead atoms. The fraction of sp³-hybridized carbons (Fsp3) is 0.100. The third kappa shape index (κ3) is 4.76. The van der Waals surface area contributed by atoms with Crippen LogP contribution in [-0.4, -0.2) is 22.6 Å². The Hall–Kier alpha value is -3.15. The van der Waals surface area contributed by atoms with Crippen LogP contribution < -0.4 is 10.6 Å². The number of thioether (sulfide) groups is 1. The van der Waals surface area contributed by atoms with Crippen molar-refractivity contribution in [3.8, 4) is 6.07 Å². The van der Waals surface area contributed by atoms with E-state index in [-0.39, 0.29) is 11.8 Å². The van der Waals surface area contributed by atoms with Crippen LogP contribution >= 0.6 is 23.1 Å². The van der Waals surface area contributed by atoms with E-state index in [2.05, 4.69) is 21.7 Å². The molecule has 0 aliphatic heterocycles. The molecule has 1 heterocycles. The van der Waals surface area contributed by atoms with E-state index in [4.69, 9.17) is 5.26 Å². The number of amides is 2. The number of aryl methyl sites for hydroxylation is 1. The van der Waals surface area contributed by atoms with Crippen molar-refractivity contribution in [1.29, 1.82) is 5.26 Å². The van der Waals surface area contributed by atoms with Crippen LogP contribution in [0.3, 0.4) is 0 Å². The van der Waals surface area contributed by atoms with Crippen LogP contribution in [-0.2, 0) is 0 Å². The minimum absolute atomic E-state index is 0.291. The molecule has 3 aromatic rings. The lowest BCUT2D eigenvalue weighted by Crippen LogP contribution is -2.18. The van der Waals surface area contributed by atoms with Gasteiger partial charge in [-0.1, -0.05) is 53.4 Å². The lowest BCUT2D eigenvalue weighted by molar-refractivity contribution is 0.102. The van der Waals surface area contributed by atoms with E-state index in [1.807, 2.05) is 13.0 Å². The Bertz CT molecular complexity index is 1040. The summed E-state index contributed by atoms with van der Waals surface area (Å²) in [4.78, 5) is 29.5. The third-order valence-corrected chi connectivity index (χ3v) is 6.00. The molecule has 140 valence electrons. The van der Waals surface area contributed by atoms with Gasteiger partial charge in [0.25, 0.3) is 11.8 Å². The van der Waals surface area contributed by atoms with Crippen molar-refractivity contribution < 1.29 is 9.59 Å². The van der Waals surface area contributed by atoms with Gasteiger partial charge in [0, 0.05) is 5.56 Å². The van der Waals surface area contributed by atoms with Gasteiger partial charge in [0.2, 0.25) is 0 Å². The standard InChI is InChI=1S/C20H16N4O2S2/c1-13-19(27-12-11-21)28-20(22-13)24-18(26)15-9-5-6-10-16(15)23-17(25)14-7-3-2-4-8-14/h2-10H,12H2,1H3,(H,23,25)(H,22,24,26). The Kier molecular flexibility index (Phi) is 6.42. The molecule has 0 unspecified atom stereocenters. The van der Waals surface area contributed by atoms with E-state index in [9.17, 15) is 9.59 Å². The first-order valence-corrected chi connectivity index (χ1v) is 10.1. The maximum absolute atomic E-state index is 12.7. The third-order valence-electron chi connectivity index (χ3n) is 3.70. The van der Waals surface area contributed by atoms with Gasteiger partial charge in [0.05, 0.1) is 33.0 Å². The van der Waals surface area contributed by atoms with Gasteiger partial charge in [-0.05, 0) is 31.2 Å². The number of thiazole rings is 1. The summed E-state index contributed by atoms with van der Waals surface area (Å²) < 4.78 is 0.891. The molecule has 1 aromatic heterocycles. The highest BCUT2D eigenvalue weighted by Crippen LogP contribution is 2.32. The predicted molar refractivity (Wildman–Crippen MR) is 112 cm³/mol. The molecule has 2 aromatic carbocycles. The monoisotopic (exact) mass is 408 g/mol. The molecule has 2 amide bonds. The molecule has 0 atom stereocenters. The molecule has 2 N–H and O–H groups in total. The van der Waals surface area contributed by atoms with Crippen molar-refractivity contribution in [2.24, 2.45) is 0 Å². The summed E-state index contributed by atoms with van der Waals surface area (Å²) in [5, 5.41) is 14.7. The van der Waals surface area contributed by atoms with Gasteiger partial charge in [-0.2, -0.15) is 5.26 Å².